The van der Waals surface area contributed by atoms with Crippen LogP contribution in [0, 0.1) is 0 Å². The number of phenolic OH excluding ortho intramolecular Hbond substituents is 2. The van der Waals surface area contributed by atoms with E-state index < -0.39 is 45.9 Å². The number of anilines is 1. The van der Waals surface area contributed by atoms with E-state index in [1.165, 1.54) is 11.2 Å². The molecular weight excluding hydrogens is 377 g/mol. The highest BCUT2D eigenvalue weighted by molar-refractivity contribution is 5.86. The molecule has 0 saturated heterocycles. The second-order valence-electron chi connectivity index (χ2n) is 6.27. The molecule has 0 bridgehead atoms. The predicted molar refractivity (Wildman–Crippen MR) is 95.8 cm³/mol. The van der Waals surface area contributed by atoms with E-state index in [-0.39, 0.29) is 11.9 Å². The van der Waals surface area contributed by atoms with Gasteiger partial charge < -0.3 is 14.6 Å². The van der Waals surface area contributed by atoms with Crippen molar-refractivity contribution < 1.29 is 27.8 Å². The third-order valence-corrected chi connectivity index (χ3v) is 4.49. The molecule has 2 heterocycles. The third-order valence-electron chi connectivity index (χ3n) is 4.49. The highest BCUT2D eigenvalue weighted by Gasteiger charge is 2.42. The number of aromatic hydroxyl groups is 2. The lowest BCUT2D eigenvalue weighted by molar-refractivity contribution is -0.153. The first-order chi connectivity index (χ1) is 13.3. The molecule has 144 valence electrons. The number of hydrazone groups is 1. The van der Waals surface area contributed by atoms with Crippen LogP contribution < -0.4 is 10.4 Å². The van der Waals surface area contributed by atoms with Crippen molar-refractivity contribution in [3.63, 3.8) is 0 Å². The van der Waals surface area contributed by atoms with Crippen LogP contribution in [0.25, 0.3) is 11.0 Å². The summed E-state index contributed by atoms with van der Waals surface area (Å²) in [4.78, 5) is 12.9. The predicted octanol–water partition coefficient (Wildman–Crippen LogP) is 3.81. The Morgan fingerprint density at radius 2 is 1.82 bits per heavy atom. The minimum atomic E-state index is -4.98. The molecule has 0 aliphatic carbocycles. The van der Waals surface area contributed by atoms with E-state index in [1.54, 1.807) is 30.3 Å². The molecule has 3 aromatic rings. The Labute approximate surface area is 155 Å². The molecule has 2 aromatic carbocycles. The highest BCUT2D eigenvalue weighted by atomic mass is 19.4. The molecule has 0 fully saturated rings. The normalized spacial score (nSPS) is 16.8. The van der Waals surface area contributed by atoms with Crippen molar-refractivity contribution in [2.75, 3.05) is 11.6 Å². The van der Waals surface area contributed by atoms with Gasteiger partial charge in [-0.25, -0.2) is 0 Å². The van der Waals surface area contributed by atoms with Gasteiger partial charge in [-0.15, -0.1) is 0 Å². The van der Waals surface area contributed by atoms with Gasteiger partial charge in [0.2, 0.25) is 11.5 Å². The average molecular weight is 390 g/mol. The molecule has 1 atom stereocenters. The molecule has 6 nitrogen and oxygen atoms in total. The van der Waals surface area contributed by atoms with Crippen LogP contribution in [0.15, 0.2) is 56.8 Å². The topological polar surface area (TPSA) is 86.3 Å². The van der Waals surface area contributed by atoms with Crippen LogP contribution in [0.5, 0.6) is 11.5 Å². The second-order valence-corrected chi connectivity index (χ2v) is 6.27. The van der Waals surface area contributed by atoms with E-state index >= 15 is 0 Å². The Morgan fingerprint density at radius 3 is 2.50 bits per heavy atom. The van der Waals surface area contributed by atoms with Gasteiger partial charge in [-0.3, -0.25) is 9.80 Å². The number of rotatable bonds is 2. The van der Waals surface area contributed by atoms with Crippen LogP contribution in [0.3, 0.4) is 0 Å². The summed E-state index contributed by atoms with van der Waals surface area (Å²) < 4.78 is 45.8. The molecule has 28 heavy (non-hydrogen) atoms. The van der Waals surface area contributed by atoms with Crippen molar-refractivity contribution >= 4 is 22.9 Å². The first-order valence-corrected chi connectivity index (χ1v) is 8.23. The van der Waals surface area contributed by atoms with Gasteiger partial charge in [0.05, 0.1) is 23.2 Å². The smallest absolute Gasteiger partial charge is 0.450 e. The molecule has 0 saturated carbocycles. The number of hydrogen-bond donors (Lipinski definition) is 2. The fourth-order valence-corrected chi connectivity index (χ4v) is 3.17. The standard InChI is InChI=1S/C19H13F3N2O4/c20-19(21,22)18-14(10-8-23-24(9-10)11-4-2-1-3-5-11)15(26)12-6-7-13(25)16(27)17(12)28-18/h1-8,10,25,27H,9H2. The third kappa shape index (κ3) is 2.84. The van der Waals surface area contributed by atoms with E-state index in [4.69, 9.17) is 4.42 Å². The minimum absolute atomic E-state index is 0.0213. The van der Waals surface area contributed by atoms with Crippen molar-refractivity contribution in [1.29, 1.82) is 0 Å². The van der Waals surface area contributed by atoms with Gasteiger partial charge >= 0.3 is 6.18 Å². The van der Waals surface area contributed by atoms with Crippen molar-refractivity contribution in [3.05, 3.63) is 64.0 Å². The Balaban J connectivity index is 1.87. The fourth-order valence-electron chi connectivity index (χ4n) is 3.17. The Kier molecular flexibility index (Phi) is 4.02. The molecule has 0 radical (unpaired) electrons. The summed E-state index contributed by atoms with van der Waals surface area (Å²) in [6.45, 7) is 0.0213. The Morgan fingerprint density at radius 1 is 1.11 bits per heavy atom. The van der Waals surface area contributed by atoms with E-state index in [9.17, 15) is 28.2 Å². The minimum Gasteiger partial charge on any atom is -0.504 e. The number of fused-ring (bicyclic) bond motifs is 1. The average Bonchev–Trinajstić information content (AvgIpc) is 3.14. The van der Waals surface area contributed by atoms with Crippen molar-refractivity contribution in [2.45, 2.75) is 12.1 Å². The van der Waals surface area contributed by atoms with Gasteiger partial charge in [0.15, 0.2) is 16.8 Å². The van der Waals surface area contributed by atoms with Crippen molar-refractivity contribution in [1.82, 2.24) is 0 Å². The zero-order valence-corrected chi connectivity index (χ0v) is 14.1. The van der Waals surface area contributed by atoms with Gasteiger partial charge in [0.1, 0.15) is 0 Å². The summed E-state index contributed by atoms with van der Waals surface area (Å²) in [5, 5.41) is 24.7. The lowest BCUT2D eigenvalue weighted by Crippen LogP contribution is -2.25. The van der Waals surface area contributed by atoms with E-state index in [0.717, 1.165) is 12.1 Å². The summed E-state index contributed by atoms with van der Waals surface area (Å²) in [5.41, 5.74) is -1.57. The van der Waals surface area contributed by atoms with Crippen LogP contribution >= 0.6 is 0 Å². The monoisotopic (exact) mass is 390 g/mol. The zero-order chi connectivity index (χ0) is 20.1. The molecule has 0 amide bonds. The molecule has 9 heteroatoms. The molecular formula is C19H13F3N2O4. The summed E-state index contributed by atoms with van der Waals surface area (Å²) in [6.07, 6.45) is -3.71. The van der Waals surface area contributed by atoms with Crippen LogP contribution in [-0.4, -0.2) is 23.0 Å². The van der Waals surface area contributed by atoms with E-state index in [1.807, 2.05) is 0 Å². The largest absolute Gasteiger partial charge is 0.504 e. The maximum absolute atomic E-state index is 13.6. The molecule has 4 rings (SSSR count). The maximum atomic E-state index is 13.6. The lowest BCUT2D eigenvalue weighted by atomic mass is 9.97. The SMILES string of the molecule is O=c1c(C2C=NN(c3ccccc3)C2)c(C(F)(F)F)oc2c(O)c(O)ccc12. The lowest BCUT2D eigenvalue weighted by Gasteiger charge is -2.18. The molecule has 2 N–H and O–H groups in total. The summed E-state index contributed by atoms with van der Waals surface area (Å²) >= 11 is 0. The van der Waals surface area contributed by atoms with Crippen LogP contribution in [0.4, 0.5) is 18.9 Å². The number of hydrogen-bond acceptors (Lipinski definition) is 6. The molecule has 1 aliphatic heterocycles. The Hall–Kier alpha value is -3.49. The Bertz CT molecular complexity index is 1140. The van der Waals surface area contributed by atoms with Crippen LogP contribution in [0.2, 0.25) is 0 Å². The summed E-state index contributed by atoms with van der Waals surface area (Å²) in [6, 6.07) is 10.9. The molecule has 1 aliphatic rings. The van der Waals surface area contributed by atoms with Gasteiger partial charge in [0.25, 0.3) is 0 Å². The van der Waals surface area contributed by atoms with Crippen LogP contribution in [0.1, 0.15) is 17.2 Å². The number of nitrogens with zero attached hydrogens (tertiary/aromatic N) is 2. The zero-order valence-electron chi connectivity index (χ0n) is 14.1. The summed E-state index contributed by atoms with van der Waals surface area (Å²) in [7, 11) is 0. The summed E-state index contributed by atoms with van der Waals surface area (Å²) in [5.74, 6) is -4.09. The number of alkyl halides is 3. The maximum Gasteiger partial charge on any atom is 0.450 e. The number of phenols is 2. The van der Waals surface area contributed by atoms with E-state index in [0.29, 0.717) is 5.69 Å². The van der Waals surface area contributed by atoms with E-state index in [2.05, 4.69) is 5.10 Å². The number of para-hydroxylation sites is 1. The highest BCUT2D eigenvalue weighted by Crippen LogP contribution is 2.40. The van der Waals surface area contributed by atoms with Gasteiger partial charge in [-0.1, -0.05) is 18.2 Å². The molecule has 1 unspecified atom stereocenters. The quantitative estimate of drug-likeness (QED) is 0.650. The van der Waals surface area contributed by atoms with Crippen molar-refractivity contribution in [2.24, 2.45) is 5.10 Å². The van der Waals surface area contributed by atoms with Gasteiger partial charge in [-0.2, -0.15) is 18.3 Å². The first-order valence-electron chi connectivity index (χ1n) is 8.23. The molecule has 1 aromatic heterocycles. The second kappa shape index (κ2) is 6.29. The van der Waals surface area contributed by atoms with Crippen molar-refractivity contribution in [3.8, 4) is 11.5 Å². The number of halogens is 3. The van der Waals surface area contributed by atoms with Gasteiger partial charge in [-0.05, 0) is 24.3 Å². The number of benzene rings is 2. The van der Waals surface area contributed by atoms with Crippen LogP contribution in [-0.2, 0) is 6.18 Å². The molecule has 0 spiro atoms. The van der Waals surface area contributed by atoms with Gasteiger partial charge in [0, 0.05) is 12.1 Å². The fraction of sp³-hybridized carbons (Fsp3) is 0.158. The first kappa shape index (κ1) is 17.9.